The van der Waals surface area contributed by atoms with E-state index in [0.717, 1.165) is 29.5 Å². The molecule has 0 aliphatic carbocycles. The highest BCUT2D eigenvalue weighted by Gasteiger charge is 2.31. The Balaban J connectivity index is 1.99. The third-order valence-electron chi connectivity index (χ3n) is 5.66. The smallest absolute Gasteiger partial charge is 0.264 e. The summed E-state index contributed by atoms with van der Waals surface area (Å²) in [7, 11) is -3.87. The maximum absolute atomic E-state index is 13.5. The highest BCUT2D eigenvalue weighted by molar-refractivity contribution is 7.92. The molecule has 1 aliphatic rings. The molecule has 3 rings (SSSR count). The van der Waals surface area contributed by atoms with Gasteiger partial charge in [0.2, 0.25) is 5.91 Å². The number of likely N-dealkylation sites (tertiary alicyclic amines) is 1. The van der Waals surface area contributed by atoms with Crippen molar-refractivity contribution in [2.45, 2.75) is 45.4 Å². The summed E-state index contributed by atoms with van der Waals surface area (Å²) in [5.74, 6) is 0.457. The number of benzene rings is 2. The Morgan fingerprint density at radius 3 is 2.21 bits per heavy atom. The number of anilines is 1. The van der Waals surface area contributed by atoms with Crippen LogP contribution in [-0.2, 0) is 14.8 Å². The first-order valence-corrected chi connectivity index (χ1v) is 11.6. The zero-order valence-corrected chi connectivity index (χ0v) is 18.5. The number of amides is 1. The summed E-state index contributed by atoms with van der Waals surface area (Å²) in [6.07, 6.45) is 1.92. The molecule has 29 heavy (non-hydrogen) atoms. The summed E-state index contributed by atoms with van der Waals surface area (Å²) in [6, 6.07) is 12.5. The number of carbonyl (C=O) groups excluding carboxylic acids is 1. The predicted octanol–water partition coefficient (Wildman–Crippen LogP) is 4.07. The first-order valence-electron chi connectivity index (χ1n) is 10.1. The van der Waals surface area contributed by atoms with Crippen LogP contribution < -0.4 is 4.31 Å². The number of sulfonamides is 1. The van der Waals surface area contributed by atoms with Crippen molar-refractivity contribution in [3.63, 3.8) is 0 Å². The van der Waals surface area contributed by atoms with E-state index in [1.54, 1.807) is 29.2 Å². The monoisotopic (exact) mass is 414 g/mol. The molecule has 0 aromatic heterocycles. The Morgan fingerprint density at radius 1 is 1.00 bits per heavy atom. The summed E-state index contributed by atoms with van der Waals surface area (Å²) < 4.78 is 28.3. The Hall–Kier alpha value is -2.34. The molecule has 1 amide bonds. The first kappa shape index (κ1) is 21.4. The quantitative estimate of drug-likeness (QED) is 0.741. The summed E-state index contributed by atoms with van der Waals surface area (Å²) in [5, 5.41) is 0. The van der Waals surface area contributed by atoms with E-state index in [1.807, 2.05) is 39.0 Å². The van der Waals surface area contributed by atoms with Crippen LogP contribution in [0.1, 0.15) is 36.5 Å². The lowest BCUT2D eigenvalue weighted by atomic mass is 9.99. The van der Waals surface area contributed by atoms with Crippen LogP contribution in [0.25, 0.3) is 0 Å². The number of piperidine rings is 1. The fourth-order valence-corrected chi connectivity index (χ4v) is 5.08. The summed E-state index contributed by atoms with van der Waals surface area (Å²) in [4.78, 5) is 15.0. The number of hydrogen-bond donors (Lipinski definition) is 0. The SMILES string of the molecule is Cc1ccc(S(=O)(=O)N(CC(=O)N2CCC(C)CC2)c2cc(C)ccc2C)cc1. The van der Waals surface area contributed by atoms with Gasteiger partial charge in [0, 0.05) is 13.1 Å². The molecule has 5 nitrogen and oxygen atoms in total. The van der Waals surface area contributed by atoms with Crippen molar-refractivity contribution in [2.24, 2.45) is 5.92 Å². The van der Waals surface area contributed by atoms with E-state index in [0.29, 0.717) is 24.7 Å². The van der Waals surface area contributed by atoms with Crippen LogP contribution in [0, 0.1) is 26.7 Å². The molecule has 1 fully saturated rings. The largest absolute Gasteiger partial charge is 0.341 e. The lowest BCUT2D eigenvalue weighted by Crippen LogP contribution is -2.46. The van der Waals surface area contributed by atoms with Crippen molar-refractivity contribution in [1.82, 2.24) is 4.90 Å². The van der Waals surface area contributed by atoms with Crippen LogP contribution in [0.15, 0.2) is 47.4 Å². The van der Waals surface area contributed by atoms with Gasteiger partial charge < -0.3 is 4.90 Å². The topological polar surface area (TPSA) is 57.7 Å². The average Bonchev–Trinajstić information content (AvgIpc) is 2.68. The van der Waals surface area contributed by atoms with Gasteiger partial charge in [-0.05, 0) is 68.9 Å². The van der Waals surface area contributed by atoms with E-state index in [9.17, 15) is 13.2 Å². The van der Waals surface area contributed by atoms with Gasteiger partial charge in [0.15, 0.2) is 0 Å². The van der Waals surface area contributed by atoms with Gasteiger partial charge >= 0.3 is 0 Å². The number of aryl methyl sites for hydroxylation is 3. The summed E-state index contributed by atoms with van der Waals surface area (Å²) in [5.41, 5.74) is 3.32. The van der Waals surface area contributed by atoms with Crippen LogP contribution in [0.5, 0.6) is 0 Å². The molecule has 1 saturated heterocycles. The van der Waals surface area contributed by atoms with Gasteiger partial charge in [-0.15, -0.1) is 0 Å². The van der Waals surface area contributed by atoms with Gasteiger partial charge in [0.05, 0.1) is 10.6 Å². The zero-order chi connectivity index (χ0) is 21.2. The Bertz CT molecular complexity index is 976. The maximum Gasteiger partial charge on any atom is 0.264 e. The van der Waals surface area contributed by atoms with E-state index in [4.69, 9.17) is 0 Å². The zero-order valence-electron chi connectivity index (χ0n) is 17.7. The number of hydrogen-bond acceptors (Lipinski definition) is 3. The molecule has 6 heteroatoms. The van der Waals surface area contributed by atoms with Crippen LogP contribution in [0.2, 0.25) is 0 Å². The minimum Gasteiger partial charge on any atom is -0.341 e. The number of carbonyl (C=O) groups is 1. The molecule has 0 atom stereocenters. The van der Waals surface area contributed by atoms with Gasteiger partial charge in [-0.1, -0.05) is 36.8 Å². The molecular weight excluding hydrogens is 384 g/mol. The Labute approximate surface area is 174 Å². The Kier molecular flexibility index (Phi) is 6.32. The molecular formula is C23H30N2O3S. The van der Waals surface area contributed by atoms with Gasteiger partial charge in [-0.2, -0.15) is 0 Å². The van der Waals surface area contributed by atoms with Gasteiger partial charge in [0.1, 0.15) is 6.54 Å². The van der Waals surface area contributed by atoms with E-state index < -0.39 is 10.0 Å². The number of rotatable bonds is 5. The van der Waals surface area contributed by atoms with Gasteiger partial charge in [-0.25, -0.2) is 8.42 Å². The normalized spacial score (nSPS) is 15.4. The van der Waals surface area contributed by atoms with Crippen molar-refractivity contribution in [1.29, 1.82) is 0 Å². The lowest BCUT2D eigenvalue weighted by Gasteiger charge is -2.33. The Morgan fingerprint density at radius 2 is 1.59 bits per heavy atom. The van der Waals surface area contributed by atoms with Crippen molar-refractivity contribution in [3.8, 4) is 0 Å². The van der Waals surface area contributed by atoms with Crippen molar-refractivity contribution in [3.05, 3.63) is 59.2 Å². The molecule has 0 saturated carbocycles. The van der Waals surface area contributed by atoms with E-state index >= 15 is 0 Å². The van der Waals surface area contributed by atoms with E-state index in [2.05, 4.69) is 6.92 Å². The molecule has 2 aromatic carbocycles. The minimum absolute atomic E-state index is 0.145. The number of nitrogens with zero attached hydrogens (tertiary/aromatic N) is 2. The molecule has 0 bridgehead atoms. The van der Waals surface area contributed by atoms with Crippen LogP contribution >= 0.6 is 0 Å². The fraction of sp³-hybridized carbons (Fsp3) is 0.435. The van der Waals surface area contributed by atoms with Crippen molar-refractivity contribution in [2.75, 3.05) is 23.9 Å². The highest BCUT2D eigenvalue weighted by atomic mass is 32.2. The molecule has 0 N–H and O–H groups in total. The lowest BCUT2D eigenvalue weighted by molar-refractivity contribution is -0.130. The fourth-order valence-electron chi connectivity index (χ4n) is 3.61. The third-order valence-corrected chi connectivity index (χ3v) is 7.43. The second-order valence-electron chi connectivity index (χ2n) is 8.18. The van der Waals surface area contributed by atoms with Gasteiger partial charge in [0.25, 0.3) is 10.0 Å². The first-order chi connectivity index (χ1) is 13.7. The minimum atomic E-state index is -3.87. The molecule has 2 aromatic rings. The third kappa shape index (κ3) is 4.81. The van der Waals surface area contributed by atoms with Crippen LogP contribution in [-0.4, -0.2) is 38.9 Å². The molecule has 0 radical (unpaired) electrons. The molecule has 0 spiro atoms. The highest BCUT2D eigenvalue weighted by Crippen LogP contribution is 2.28. The van der Waals surface area contributed by atoms with Crippen molar-refractivity contribution >= 4 is 21.6 Å². The summed E-state index contributed by atoms with van der Waals surface area (Å²) in [6.45, 7) is 9.09. The second kappa shape index (κ2) is 8.57. The molecule has 1 aliphatic heterocycles. The standard InChI is InChI=1S/C23H30N2O3S/c1-17-6-9-21(10-7-17)29(27,28)25(22-15-19(3)5-8-20(22)4)16-23(26)24-13-11-18(2)12-14-24/h5-10,15,18H,11-14,16H2,1-4H3. The summed E-state index contributed by atoms with van der Waals surface area (Å²) >= 11 is 0. The van der Waals surface area contributed by atoms with E-state index in [1.165, 1.54) is 4.31 Å². The average molecular weight is 415 g/mol. The molecule has 1 heterocycles. The van der Waals surface area contributed by atoms with E-state index in [-0.39, 0.29) is 17.3 Å². The predicted molar refractivity (Wildman–Crippen MR) is 117 cm³/mol. The van der Waals surface area contributed by atoms with Gasteiger partial charge in [-0.3, -0.25) is 9.10 Å². The van der Waals surface area contributed by atoms with Crippen molar-refractivity contribution < 1.29 is 13.2 Å². The second-order valence-corrected chi connectivity index (χ2v) is 10.0. The molecule has 0 unspecified atom stereocenters. The van der Waals surface area contributed by atoms with Crippen LogP contribution in [0.4, 0.5) is 5.69 Å². The molecule has 156 valence electrons. The maximum atomic E-state index is 13.5. The van der Waals surface area contributed by atoms with Crippen LogP contribution in [0.3, 0.4) is 0 Å².